The summed E-state index contributed by atoms with van der Waals surface area (Å²) in [6.07, 6.45) is 2.13. The summed E-state index contributed by atoms with van der Waals surface area (Å²) in [5.74, 6) is -0.472. The van der Waals surface area contributed by atoms with Crippen LogP contribution in [0.25, 0.3) is 0 Å². The molecule has 0 fully saturated rings. The van der Waals surface area contributed by atoms with Crippen molar-refractivity contribution < 1.29 is 19.0 Å². The van der Waals surface area contributed by atoms with E-state index in [1.807, 2.05) is 6.92 Å². The van der Waals surface area contributed by atoms with Crippen LogP contribution in [0.4, 0.5) is 0 Å². The highest BCUT2D eigenvalue weighted by Gasteiger charge is 2.13. The smallest absolute Gasteiger partial charge is 0.335 e. The van der Waals surface area contributed by atoms with Crippen LogP contribution in [-0.2, 0) is 19.0 Å². The molecule has 2 unspecified atom stereocenters. The van der Waals surface area contributed by atoms with Gasteiger partial charge in [-0.1, -0.05) is 12.7 Å². The van der Waals surface area contributed by atoms with Gasteiger partial charge in [-0.05, 0) is 27.7 Å². The van der Waals surface area contributed by atoms with Crippen molar-refractivity contribution >= 4 is 5.97 Å². The Hall–Kier alpha value is -1.29. The van der Waals surface area contributed by atoms with Crippen LogP contribution in [-0.4, -0.2) is 18.5 Å². The molecule has 4 nitrogen and oxygen atoms in total. The van der Waals surface area contributed by atoms with E-state index >= 15 is 0 Å². The molecule has 0 radical (unpaired) electrons. The molecule has 2 atom stereocenters. The van der Waals surface area contributed by atoms with Crippen LogP contribution >= 0.6 is 0 Å². The second kappa shape index (κ2) is 7.06. The molecule has 15 heavy (non-hydrogen) atoms. The lowest BCUT2D eigenvalue weighted by atomic mass is 10.4. The highest BCUT2D eigenvalue weighted by molar-refractivity contribution is 5.86. The van der Waals surface area contributed by atoms with E-state index in [1.165, 1.54) is 6.26 Å². The summed E-state index contributed by atoms with van der Waals surface area (Å²) >= 11 is 0. The van der Waals surface area contributed by atoms with Gasteiger partial charge < -0.3 is 14.2 Å². The molecule has 0 N–H and O–H groups in total. The van der Waals surface area contributed by atoms with Crippen molar-refractivity contribution in [2.75, 3.05) is 0 Å². The zero-order valence-corrected chi connectivity index (χ0v) is 9.65. The molecular formula is C11H18O4. The molecule has 0 amide bonds. The van der Waals surface area contributed by atoms with E-state index in [0.29, 0.717) is 5.57 Å². The Bertz CT molecular complexity index is 245. The highest BCUT2D eigenvalue weighted by Crippen LogP contribution is 2.04. The molecule has 0 bridgehead atoms. The van der Waals surface area contributed by atoms with Crippen LogP contribution in [0, 0.1) is 0 Å². The second-order valence-corrected chi connectivity index (χ2v) is 3.06. The van der Waals surface area contributed by atoms with Crippen molar-refractivity contribution in [3.63, 3.8) is 0 Å². The first-order valence-electron chi connectivity index (χ1n) is 4.76. The van der Waals surface area contributed by atoms with E-state index < -0.39 is 18.5 Å². The average molecular weight is 214 g/mol. The first-order valence-corrected chi connectivity index (χ1v) is 4.76. The number of allylic oxidation sites excluding steroid dienone is 1. The number of hydrogen-bond acceptors (Lipinski definition) is 4. The minimum absolute atomic E-state index is 0.340. The van der Waals surface area contributed by atoms with Crippen molar-refractivity contribution in [1.82, 2.24) is 0 Å². The SMILES string of the molecule is C=C(C)C(=O)OC(C)OC(C)O/C=C\C. The zero-order valence-electron chi connectivity index (χ0n) is 9.65. The van der Waals surface area contributed by atoms with E-state index in [2.05, 4.69) is 6.58 Å². The first kappa shape index (κ1) is 13.7. The van der Waals surface area contributed by atoms with E-state index in [-0.39, 0.29) is 0 Å². The largest absolute Gasteiger partial charge is 0.473 e. The van der Waals surface area contributed by atoms with Gasteiger partial charge in [-0.2, -0.15) is 0 Å². The topological polar surface area (TPSA) is 44.8 Å². The molecular weight excluding hydrogens is 196 g/mol. The van der Waals surface area contributed by atoms with Crippen LogP contribution < -0.4 is 0 Å². The Balaban J connectivity index is 3.87. The molecule has 4 heteroatoms. The van der Waals surface area contributed by atoms with Crippen molar-refractivity contribution in [1.29, 1.82) is 0 Å². The minimum Gasteiger partial charge on any atom is -0.473 e. The fourth-order valence-electron chi connectivity index (χ4n) is 0.770. The predicted molar refractivity (Wildman–Crippen MR) is 56.8 cm³/mol. The molecule has 0 aromatic carbocycles. The number of hydrogen-bond donors (Lipinski definition) is 0. The summed E-state index contributed by atoms with van der Waals surface area (Å²) in [7, 11) is 0. The summed E-state index contributed by atoms with van der Waals surface area (Å²) in [6, 6.07) is 0. The Morgan fingerprint density at radius 2 is 1.93 bits per heavy atom. The average Bonchev–Trinajstić information content (AvgIpc) is 2.14. The third-order valence-electron chi connectivity index (χ3n) is 1.41. The van der Waals surface area contributed by atoms with Crippen LogP contribution in [0.3, 0.4) is 0 Å². The van der Waals surface area contributed by atoms with Gasteiger partial charge in [0, 0.05) is 5.57 Å². The van der Waals surface area contributed by atoms with Gasteiger partial charge in [0.25, 0.3) is 0 Å². The maximum Gasteiger partial charge on any atom is 0.335 e. The zero-order chi connectivity index (χ0) is 11.8. The van der Waals surface area contributed by atoms with Gasteiger partial charge >= 0.3 is 5.97 Å². The van der Waals surface area contributed by atoms with Gasteiger partial charge in [0.2, 0.25) is 6.29 Å². The van der Waals surface area contributed by atoms with E-state index in [9.17, 15) is 4.79 Å². The van der Waals surface area contributed by atoms with Crippen LogP contribution in [0.15, 0.2) is 24.5 Å². The molecule has 0 rings (SSSR count). The number of rotatable bonds is 6. The molecule has 0 saturated carbocycles. The number of carbonyl (C=O) groups excluding carboxylic acids is 1. The van der Waals surface area contributed by atoms with Crippen LogP contribution in [0.5, 0.6) is 0 Å². The summed E-state index contributed by atoms with van der Waals surface area (Å²) in [5, 5.41) is 0. The van der Waals surface area contributed by atoms with Gasteiger partial charge in [0.05, 0.1) is 6.26 Å². The lowest BCUT2D eigenvalue weighted by molar-refractivity contribution is -0.213. The predicted octanol–water partition coefficient (Wildman–Crippen LogP) is 2.36. The standard InChI is InChI=1S/C11H18O4/c1-6-7-13-9(4)14-10(5)15-11(12)8(2)3/h6-7,9-10H,2H2,1,3-5H3/b7-6-. The Morgan fingerprint density at radius 3 is 2.40 bits per heavy atom. The van der Waals surface area contributed by atoms with Gasteiger partial charge in [-0.3, -0.25) is 0 Å². The molecule has 0 saturated heterocycles. The molecule has 0 aromatic rings. The van der Waals surface area contributed by atoms with Crippen molar-refractivity contribution in [3.05, 3.63) is 24.5 Å². The molecule has 0 spiro atoms. The summed E-state index contributed by atoms with van der Waals surface area (Å²) in [4.78, 5) is 11.1. The van der Waals surface area contributed by atoms with Crippen LogP contribution in [0.1, 0.15) is 27.7 Å². The number of carbonyl (C=O) groups is 1. The normalized spacial score (nSPS) is 14.7. The Kier molecular flexibility index (Phi) is 6.45. The lowest BCUT2D eigenvalue weighted by Crippen LogP contribution is -2.23. The van der Waals surface area contributed by atoms with Crippen molar-refractivity contribution in [2.45, 2.75) is 40.3 Å². The van der Waals surface area contributed by atoms with E-state index in [0.717, 1.165) is 0 Å². The summed E-state index contributed by atoms with van der Waals surface area (Å²) in [6.45, 7) is 10.2. The van der Waals surface area contributed by atoms with Gasteiger partial charge in [-0.15, -0.1) is 0 Å². The van der Waals surface area contributed by atoms with Gasteiger partial charge in [0.15, 0.2) is 6.29 Å². The van der Waals surface area contributed by atoms with Gasteiger partial charge in [0.1, 0.15) is 0 Å². The fraction of sp³-hybridized carbons (Fsp3) is 0.545. The van der Waals surface area contributed by atoms with Crippen molar-refractivity contribution in [3.8, 4) is 0 Å². The van der Waals surface area contributed by atoms with Gasteiger partial charge in [-0.25, -0.2) is 4.79 Å². The summed E-state index contributed by atoms with van der Waals surface area (Å²) in [5.41, 5.74) is 0.340. The third-order valence-corrected chi connectivity index (χ3v) is 1.41. The van der Waals surface area contributed by atoms with E-state index in [1.54, 1.807) is 26.8 Å². The Morgan fingerprint density at radius 1 is 1.33 bits per heavy atom. The van der Waals surface area contributed by atoms with E-state index in [4.69, 9.17) is 14.2 Å². The maximum atomic E-state index is 11.1. The number of esters is 1. The fourth-order valence-corrected chi connectivity index (χ4v) is 0.770. The molecule has 0 aliphatic rings. The third kappa shape index (κ3) is 6.74. The summed E-state index contributed by atoms with van der Waals surface area (Å²) < 4.78 is 15.2. The molecule has 0 heterocycles. The molecule has 0 aliphatic carbocycles. The minimum atomic E-state index is -0.658. The molecule has 0 aromatic heterocycles. The molecule has 0 aliphatic heterocycles. The lowest BCUT2D eigenvalue weighted by Gasteiger charge is -2.18. The Labute approximate surface area is 90.5 Å². The highest BCUT2D eigenvalue weighted by atomic mass is 16.8. The maximum absolute atomic E-state index is 11.1. The quantitative estimate of drug-likeness (QED) is 0.295. The number of ether oxygens (including phenoxy) is 3. The van der Waals surface area contributed by atoms with Crippen molar-refractivity contribution in [2.24, 2.45) is 0 Å². The first-order chi connectivity index (χ1) is 6.97. The van der Waals surface area contributed by atoms with Crippen LogP contribution in [0.2, 0.25) is 0 Å². The monoisotopic (exact) mass is 214 g/mol. The molecule has 86 valence electrons. The second-order valence-electron chi connectivity index (χ2n) is 3.06.